The Hall–Kier alpha value is -2.85. The molecule has 0 aliphatic heterocycles. The van der Waals surface area contributed by atoms with E-state index in [1.807, 2.05) is 48.8 Å². The van der Waals surface area contributed by atoms with Crippen molar-refractivity contribution in [3.63, 3.8) is 0 Å². The van der Waals surface area contributed by atoms with Crippen molar-refractivity contribution in [2.24, 2.45) is 0 Å². The molecule has 0 radical (unpaired) electrons. The van der Waals surface area contributed by atoms with Gasteiger partial charge in [0.1, 0.15) is 0 Å². The second-order valence-electron chi connectivity index (χ2n) is 5.37. The maximum absolute atomic E-state index is 4.80. The Morgan fingerprint density at radius 1 is 0.739 bits per heavy atom. The molecule has 23 heavy (non-hydrogen) atoms. The normalized spacial score (nSPS) is 11.5. The number of nitrogens with zero attached hydrogens (tertiary/aromatic N) is 3. The molecular weight excluding hydrogens is 302 g/mol. The minimum atomic E-state index is 0.889. The molecule has 0 fully saturated rings. The highest BCUT2D eigenvalue weighted by atomic mass is 32.1. The molecule has 5 aromatic rings. The van der Waals surface area contributed by atoms with Crippen LogP contribution in [0.5, 0.6) is 0 Å². The Bertz CT molecular complexity index is 1180. The fraction of sp³-hybridized carbons (Fsp3) is 0. The molecular formula is C19H11N3S. The summed E-state index contributed by atoms with van der Waals surface area (Å²) in [6.45, 7) is 0. The van der Waals surface area contributed by atoms with Gasteiger partial charge in [-0.25, -0.2) is 4.98 Å². The molecule has 0 unspecified atom stereocenters. The van der Waals surface area contributed by atoms with Crippen LogP contribution in [0.1, 0.15) is 0 Å². The van der Waals surface area contributed by atoms with Gasteiger partial charge in [0.25, 0.3) is 0 Å². The van der Waals surface area contributed by atoms with Gasteiger partial charge in [0, 0.05) is 27.9 Å². The fourth-order valence-electron chi connectivity index (χ4n) is 2.93. The predicted molar refractivity (Wildman–Crippen MR) is 95.7 cm³/mol. The summed E-state index contributed by atoms with van der Waals surface area (Å²) in [4.78, 5) is 14.0. The average Bonchev–Trinajstić information content (AvgIpc) is 3.00. The highest BCUT2D eigenvalue weighted by Gasteiger charge is 2.13. The van der Waals surface area contributed by atoms with E-state index in [0.29, 0.717) is 0 Å². The molecule has 0 aliphatic carbocycles. The zero-order valence-corrected chi connectivity index (χ0v) is 12.9. The smallest absolute Gasteiger partial charge is 0.0995 e. The van der Waals surface area contributed by atoms with Crippen molar-refractivity contribution in [3.8, 4) is 11.4 Å². The van der Waals surface area contributed by atoms with Gasteiger partial charge >= 0.3 is 0 Å². The number of benzene rings is 1. The topological polar surface area (TPSA) is 38.7 Å². The SMILES string of the molecule is c1ccc2nc(-c3nccc4sc5cccnc5c34)ccc2c1. The van der Waals surface area contributed by atoms with Crippen LogP contribution in [0.4, 0.5) is 0 Å². The molecule has 0 bridgehead atoms. The Balaban J connectivity index is 1.87. The third kappa shape index (κ3) is 1.92. The van der Waals surface area contributed by atoms with E-state index < -0.39 is 0 Å². The Labute approximate surface area is 136 Å². The summed E-state index contributed by atoms with van der Waals surface area (Å²) < 4.78 is 2.37. The van der Waals surface area contributed by atoms with Crippen LogP contribution in [0.25, 0.3) is 42.6 Å². The Morgan fingerprint density at radius 2 is 1.70 bits per heavy atom. The first-order valence-electron chi connectivity index (χ1n) is 7.38. The van der Waals surface area contributed by atoms with Crippen molar-refractivity contribution >= 4 is 42.5 Å². The Kier molecular flexibility index (Phi) is 2.66. The summed E-state index contributed by atoms with van der Waals surface area (Å²) in [7, 11) is 0. The molecule has 4 heteroatoms. The quantitative estimate of drug-likeness (QED) is 0.434. The maximum Gasteiger partial charge on any atom is 0.0995 e. The molecule has 0 aliphatic rings. The van der Waals surface area contributed by atoms with Crippen LogP contribution in [-0.2, 0) is 0 Å². The number of fused-ring (bicyclic) bond motifs is 4. The van der Waals surface area contributed by atoms with Crippen molar-refractivity contribution in [3.05, 3.63) is 67.0 Å². The molecule has 4 heterocycles. The summed E-state index contributed by atoms with van der Waals surface area (Å²) in [5.41, 5.74) is 3.78. The van der Waals surface area contributed by atoms with Crippen LogP contribution >= 0.6 is 11.3 Å². The second-order valence-corrected chi connectivity index (χ2v) is 6.46. The van der Waals surface area contributed by atoms with E-state index in [4.69, 9.17) is 4.98 Å². The number of aromatic nitrogens is 3. The average molecular weight is 313 g/mol. The standard InChI is InChI=1S/C19H11N3S/c1-2-5-13-12(4-1)7-8-14(22-13)18-17-15(9-11-21-18)23-16-6-3-10-20-19(16)17/h1-11H. The molecule has 0 saturated heterocycles. The summed E-state index contributed by atoms with van der Waals surface area (Å²) >= 11 is 1.74. The first-order chi connectivity index (χ1) is 11.4. The van der Waals surface area contributed by atoms with E-state index in [0.717, 1.165) is 33.2 Å². The van der Waals surface area contributed by atoms with E-state index in [9.17, 15) is 0 Å². The predicted octanol–water partition coefficient (Wildman–Crippen LogP) is 5.06. The first-order valence-corrected chi connectivity index (χ1v) is 8.20. The van der Waals surface area contributed by atoms with E-state index in [1.54, 1.807) is 11.3 Å². The molecule has 0 atom stereocenters. The van der Waals surface area contributed by atoms with Crippen LogP contribution in [0, 0.1) is 0 Å². The van der Waals surface area contributed by atoms with Crippen LogP contribution in [0.15, 0.2) is 67.0 Å². The lowest BCUT2D eigenvalue weighted by molar-refractivity contribution is 1.30. The van der Waals surface area contributed by atoms with Crippen LogP contribution < -0.4 is 0 Å². The number of pyridine rings is 3. The minimum Gasteiger partial charge on any atom is -0.255 e. The number of hydrogen-bond donors (Lipinski definition) is 0. The third-order valence-electron chi connectivity index (χ3n) is 3.98. The molecule has 108 valence electrons. The van der Waals surface area contributed by atoms with E-state index in [1.165, 1.54) is 9.40 Å². The molecule has 4 aromatic heterocycles. The first kappa shape index (κ1) is 12.7. The molecule has 0 spiro atoms. The highest BCUT2D eigenvalue weighted by molar-refractivity contribution is 7.25. The van der Waals surface area contributed by atoms with Crippen molar-refractivity contribution in [1.29, 1.82) is 0 Å². The molecule has 0 saturated carbocycles. The molecule has 0 N–H and O–H groups in total. The lowest BCUT2D eigenvalue weighted by atomic mass is 10.1. The zero-order valence-electron chi connectivity index (χ0n) is 12.1. The zero-order chi connectivity index (χ0) is 15.2. The van der Waals surface area contributed by atoms with Crippen LogP contribution in [-0.4, -0.2) is 15.0 Å². The van der Waals surface area contributed by atoms with Gasteiger partial charge in [-0.15, -0.1) is 11.3 Å². The molecule has 5 rings (SSSR count). The van der Waals surface area contributed by atoms with Crippen LogP contribution in [0.2, 0.25) is 0 Å². The van der Waals surface area contributed by atoms with Gasteiger partial charge in [0.2, 0.25) is 0 Å². The summed E-state index contributed by atoms with van der Waals surface area (Å²) in [6, 6.07) is 18.4. The van der Waals surface area contributed by atoms with Gasteiger partial charge in [-0.3, -0.25) is 9.97 Å². The minimum absolute atomic E-state index is 0.889. The number of thiophene rings is 1. The number of hydrogen-bond acceptors (Lipinski definition) is 4. The summed E-state index contributed by atoms with van der Waals surface area (Å²) in [5, 5.41) is 2.23. The Morgan fingerprint density at radius 3 is 2.70 bits per heavy atom. The fourth-order valence-corrected chi connectivity index (χ4v) is 3.99. The van der Waals surface area contributed by atoms with Crippen LogP contribution in [0.3, 0.4) is 0 Å². The van der Waals surface area contributed by atoms with Gasteiger partial charge < -0.3 is 0 Å². The van der Waals surface area contributed by atoms with Crippen molar-refractivity contribution in [2.75, 3.05) is 0 Å². The summed E-state index contributed by atoms with van der Waals surface area (Å²) in [5.74, 6) is 0. The lowest BCUT2D eigenvalue weighted by Gasteiger charge is -2.04. The number of rotatable bonds is 1. The van der Waals surface area contributed by atoms with Gasteiger partial charge in [-0.2, -0.15) is 0 Å². The van der Waals surface area contributed by atoms with Crippen molar-refractivity contribution in [1.82, 2.24) is 15.0 Å². The van der Waals surface area contributed by atoms with Gasteiger partial charge in [-0.1, -0.05) is 24.3 Å². The maximum atomic E-state index is 4.80. The number of para-hydroxylation sites is 1. The third-order valence-corrected chi connectivity index (χ3v) is 5.09. The van der Waals surface area contributed by atoms with Crippen molar-refractivity contribution < 1.29 is 0 Å². The van der Waals surface area contributed by atoms with E-state index in [2.05, 4.69) is 28.2 Å². The second kappa shape index (κ2) is 4.83. The molecule has 1 aromatic carbocycles. The van der Waals surface area contributed by atoms with Gasteiger partial charge in [0.05, 0.1) is 27.1 Å². The highest BCUT2D eigenvalue weighted by Crippen LogP contribution is 2.37. The molecule has 3 nitrogen and oxygen atoms in total. The largest absolute Gasteiger partial charge is 0.255 e. The van der Waals surface area contributed by atoms with E-state index in [-0.39, 0.29) is 0 Å². The van der Waals surface area contributed by atoms with Gasteiger partial charge in [-0.05, 0) is 30.3 Å². The van der Waals surface area contributed by atoms with Crippen molar-refractivity contribution in [2.45, 2.75) is 0 Å². The summed E-state index contributed by atoms with van der Waals surface area (Å²) in [6.07, 6.45) is 3.68. The monoisotopic (exact) mass is 313 g/mol. The van der Waals surface area contributed by atoms with E-state index >= 15 is 0 Å². The van der Waals surface area contributed by atoms with Gasteiger partial charge in [0.15, 0.2) is 0 Å². The molecule has 0 amide bonds. The lowest BCUT2D eigenvalue weighted by Crippen LogP contribution is -1.89.